The van der Waals surface area contributed by atoms with Crippen LogP contribution in [-0.4, -0.2) is 0 Å². The van der Waals surface area contributed by atoms with Gasteiger partial charge in [0.1, 0.15) is 0 Å². The molecule has 2 heteroatoms. The van der Waals surface area contributed by atoms with Crippen LogP contribution in [0.15, 0.2) is 212 Å². The first kappa shape index (κ1) is 32.4. The number of para-hydroxylation sites is 1. The second kappa shape index (κ2) is 13.4. The van der Waals surface area contributed by atoms with Crippen molar-refractivity contribution in [2.75, 3.05) is 4.90 Å². The zero-order chi connectivity index (χ0) is 37.0. The van der Waals surface area contributed by atoms with Crippen LogP contribution in [0, 0.1) is 0 Å². The van der Waals surface area contributed by atoms with Crippen molar-refractivity contribution in [3.63, 3.8) is 0 Å². The van der Waals surface area contributed by atoms with Crippen molar-refractivity contribution < 1.29 is 0 Å². The summed E-state index contributed by atoms with van der Waals surface area (Å²) in [6.07, 6.45) is 0. The molecule has 0 unspecified atom stereocenters. The molecule has 0 aliphatic rings. The van der Waals surface area contributed by atoms with E-state index in [9.17, 15) is 0 Å². The highest BCUT2D eigenvalue weighted by Gasteiger charge is 2.22. The lowest BCUT2D eigenvalue weighted by Crippen LogP contribution is -2.11. The van der Waals surface area contributed by atoms with Gasteiger partial charge in [-0.1, -0.05) is 158 Å². The molecular formula is C54H35NS. The van der Waals surface area contributed by atoms with Gasteiger partial charge in [0.05, 0.1) is 5.69 Å². The predicted octanol–water partition coefficient (Wildman–Crippen LogP) is 16.0. The maximum absolute atomic E-state index is 2.45. The summed E-state index contributed by atoms with van der Waals surface area (Å²) in [6, 6.07) is 77.8. The minimum absolute atomic E-state index is 1.11. The highest BCUT2D eigenvalue weighted by molar-refractivity contribution is 7.26. The predicted molar refractivity (Wildman–Crippen MR) is 243 cm³/mol. The molecule has 0 saturated carbocycles. The SMILES string of the molecule is c1ccc(-c2cc3ccccc3cc2-c2cc3ccccc3cc2N(c2ccccc2)c2cccc(-c3cccc4sc5c6ccccc6ccc5c34)c2)cc1. The molecule has 1 nitrogen and oxygen atoms in total. The van der Waals surface area contributed by atoms with E-state index in [-0.39, 0.29) is 0 Å². The summed E-state index contributed by atoms with van der Waals surface area (Å²) in [6.45, 7) is 0. The Balaban J connectivity index is 1.17. The number of benzene rings is 10. The number of rotatable bonds is 6. The third-order valence-electron chi connectivity index (χ3n) is 11.2. The molecule has 0 spiro atoms. The van der Waals surface area contributed by atoms with E-state index in [4.69, 9.17) is 0 Å². The van der Waals surface area contributed by atoms with Gasteiger partial charge in [0.2, 0.25) is 0 Å². The zero-order valence-corrected chi connectivity index (χ0v) is 31.4. The topological polar surface area (TPSA) is 3.24 Å². The van der Waals surface area contributed by atoms with Gasteiger partial charge in [0, 0.05) is 37.1 Å². The van der Waals surface area contributed by atoms with Crippen LogP contribution in [0.3, 0.4) is 0 Å². The number of nitrogens with zero attached hydrogens (tertiary/aromatic N) is 1. The first-order valence-corrected chi connectivity index (χ1v) is 20.0. The van der Waals surface area contributed by atoms with Crippen LogP contribution in [0.5, 0.6) is 0 Å². The Morgan fingerprint density at radius 2 is 0.893 bits per heavy atom. The smallest absolute Gasteiger partial charge is 0.0546 e. The molecule has 1 aromatic heterocycles. The van der Waals surface area contributed by atoms with Crippen molar-refractivity contribution in [1.82, 2.24) is 0 Å². The van der Waals surface area contributed by atoms with Gasteiger partial charge in [-0.2, -0.15) is 0 Å². The molecule has 0 saturated heterocycles. The van der Waals surface area contributed by atoms with E-state index in [1.54, 1.807) is 0 Å². The summed E-state index contributed by atoms with van der Waals surface area (Å²) in [5.41, 5.74) is 10.6. The van der Waals surface area contributed by atoms with Crippen molar-refractivity contribution >= 4 is 80.9 Å². The average Bonchev–Trinajstić information content (AvgIpc) is 3.66. The van der Waals surface area contributed by atoms with Crippen molar-refractivity contribution in [2.45, 2.75) is 0 Å². The lowest BCUT2D eigenvalue weighted by molar-refractivity contribution is 1.29. The third-order valence-corrected chi connectivity index (χ3v) is 12.4. The second-order valence-electron chi connectivity index (χ2n) is 14.5. The van der Waals surface area contributed by atoms with E-state index >= 15 is 0 Å². The van der Waals surface area contributed by atoms with Crippen molar-refractivity contribution in [3.8, 4) is 33.4 Å². The number of anilines is 3. The molecule has 56 heavy (non-hydrogen) atoms. The van der Waals surface area contributed by atoms with Gasteiger partial charge in [-0.15, -0.1) is 11.3 Å². The van der Waals surface area contributed by atoms with Gasteiger partial charge in [-0.05, 0) is 115 Å². The van der Waals surface area contributed by atoms with Crippen LogP contribution in [0.4, 0.5) is 17.1 Å². The van der Waals surface area contributed by atoms with Crippen molar-refractivity contribution in [3.05, 3.63) is 212 Å². The number of thiophene rings is 1. The van der Waals surface area contributed by atoms with Gasteiger partial charge in [0.25, 0.3) is 0 Å². The molecule has 1 heterocycles. The van der Waals surface area contributed by atoms with Crippen molar-refractivity contribution in [1.29, 1.82) is 0 Å². The largest absolute Gasteiger partial charge is 0.310 e. The molecule has 0 amide bonds. The standard InChI is InChI=1S/C54H35NS/c1-3-15-36(16-4-1)48-32-38-18-7-8-19-39(38)33-49(48)50-34-40-20-9-10-21-41(40)35-51(50)55(43-23-5-2-6-24-43)44-25-13-22-42(31-44)45-27-14-28-52-53(45)47-30-29-37-17-11-12-26-46(37)54(47)56-52/h1-35H. The van der Waals surface area contributed by atoms with E-state index in [2.05, 4.69) is 217 Å². The third kappa shape index (κ3) is 5.46. The lowest BCUT2D eigenvalue weighted by Gasteiger charge is -2.29. The highest BCUT2D eigenvalue weighted by Crippen LogP contribution is 2.48. The van der Waals surface area contributed by atoms with Crippen LogP contribution in [0.2, 0.25) is 0 Å². The Labute approximate surface area is 330 Å². The molecule has 11 aromatic rings. The first-order chi connectivity index (χ1) is 27.8. The van der Waals surface area contributed by atoms with E-state index in [0.717, 1.165) is 17.1 Å². The van der Waals surface area contributed by atoms with Crippen LogP contribution in [0.1, 0.15) is 0 Å². The van der Waals surface area contributed by atoms with Crippen LogP contribution in [0.25, 0.3) is 85.9 Å². The molecule has 0 bridgehead atoms. The lowest BCUT2D eigenvalue weighted by atomic mass is 9.89. The van der Waals surface area contributed by atoms with Crippen molar-refractivity contribution in [2.24, 2.45) is 0 Å². The zero-order valence-electron chi connectivity index (χ0n) is 30.6. The maximum Gasteiger partial charge on any atom is 0.0546 e. The fourth-order valence-corrected chi connectivity index (χ4v) is 9.82. The molecule has 0 radical (unpaired) electrons. The molecule has 0 fully saturated rings. The quantitative estimate of drug-likeness (QED) is 0.165. The minimum Gasteiger partial charge on any atom is -0.310 e. The normalized spacial score (nSPS) is 11.6. The first-order valence-electron chi connectivity index (χ1n) is 19.2. The van der Waals surface area contributed by atoms with E-state index < -0.39 is 0 Å². The van der Waals surface area contributed by atoms with Gasteiger partial charge >= 0.3 is 0 Å². The molecule has 262 valence electrons. The number of hydrogen-bond acceptors (Lipinski definition) is 2. The summed E-state index contributed by atoms with van der Waals surface area (Å²) in [5, 5.41) is 10.1. The molecular weight excluding hydrogens is 695 g/mol. The van der Waals surface area contributed by atoms with Gasteiger partial charge in [-0.25, -0.2) is 0 Å². The molecule has 0 aliphatic heterocycles. The minimum atomic E-state index is 1.11. The highest BCUT2D eigenvalue weighted by atomic mass is 32.1. The Kier molecular flexibility index (Phi) is 7.75. The van der Waals surface area contributed by atoms with E-state index in [1.807, 2.05) is 11.3 Å². The molecule has 0 aliphatic carbocycles. The molecule has 0 N–H and O–H groups in total. The monoisotopic (exact) mass is 729 g/mol. The Morgan fingerprint density at radius 3 is 1.64 bits per heavy atom. The Bertz CT molecular complexity index is 3250. The van der Waals surface area contributed by atoms with Crippen LogP contribution in [-0.2, 0) is 0 Å². The number of fused-ring (bicyclic) bond motifs is 7. The van der Waals surface area contributed by atoms with Gasteiger partial charge in [0.15, 0.2) is 0 Å². The number of hydrogen-bond donors (Lipinski definition) is 0. The Morgan fingerprint density at radius 1 is 0.321 bits per heavy atom. The maximum atomic E-state index is 2.45. The van der Waals surface area contributed by atoms with Crippen LogP contribution < -0.4 is 4.90 Å². The summed E-state index contributed by atoms with van der Waals surface area (Å²) in [5.74, 6) is 0. The second-order valence-corrected chi connectivity index (χ2v) is 15.5. The summed E-state index contributed by atoms with van der Waals surface area (Å²) >= 11 is 1.89. The fourth-order valence-electron chi connectivity index (χ4n) is 8.56. The van der Waals surface area contributed by atoms with Gasteiger partial charge in [-0.3, -0.25) is 0 Å². The summed E-state index contributed by atoms with van der Waals surface area (Å²) < 4.78 is 2.65. The molecule has 10 aromatic carbocycles. The van der Waals surface area contributed by atoms with Crippen LogP contribution >= 0.6 is 11.3 Å². The summed E-state index contributed by atoms with van der Waals surface area (Å²) in [4.78, 5) is 2.45. The van der Waals surface area contributed by atoms with Gasteiger partial charge < -0.3 is 4.90 Å². The Hall–Kier alpha value is -7.00. The molecule has 11 rings (SSSR count). The van der Waals surface area contributed by atoms with E-state index in [1.165, 1.54) is 85.9 Å². The fraction of sp³-hybridized carbons (Fsp3) is 0. The summed E-state index contributed by atoms with van der Waals surface area (Å²) in [7, 11) is 0. The van der Waals surface area contributed by atoms with E-state index in [0.29, 0.717) is 0 Å². The average molecular weight is 730 g/mol. The molecule has 0 atom stereocenters.